The third-order valence-corrected chi connectivity index (χ3v) is 0. The Morgan fingerprint density at radius 2 is 0.714 bits per heavy atom. The molecule has 0 aliphatic carbocycles. The molecule has 0 unspecified atom stereocenters. The van der Waals surface area contributed by atoms with Gasteiger partial charge >= 0.3 is 34.5 Å². The summed E-state index contributed by atoms with van der Waals surface area (Å²) in [7, 11) is 9.71. The molecule has 0 saturated carbocycles. The second kappa shape index (κ2) is 61.6. The Morgan fingerprint density at radius 3 is 0.714 bits per heavy atom. The molecule has 0 aromatic rings. The van der Waals surface area contributed by atoms with Crippen LogP contribution in [0.15, 0.2) is 0 Å². The summed E-state index contributed by atoms with van der Waals surface area (Å²) in [5.74, 6) is 0. The normalized spacial score (nSPS) is 3.14. The molecular weight excluding hydrogens is 236 g/mol. The van der Waals surface area contributed by atoms with Gasteiger partial charge in [-0.3, -0.25) is 0 Å². The zero-order chi connectivity index (χ0) is 2.71. The fraction of sp³-hybridized carbons (Fsp3) is 0. The van der Waals surface area contributed by atoms with E-state index in [9.17, 15) is 0 Å². The first-order valence-electron chi connectivity index (χ1n) is 0.267. The SMILES string of the molecule is O.O.O.O.[Cl][Ru][Cl]. The van der Waals surface area contributed by atoms with Crippen LogP contribution in [0.1, 0.15) is 0 Å². The summed E-state index contributed by atoms with van der Waals surface area (Å²) in [4.78, 5) is 0. The Balaban J connectivity index is -0.00000000333. The van der Waals surface area contributed by atoms with Crippen molar-refractivity contribution in [3.63, 3.8) is 0 Å². The second-order valence-corrected chi connectivity index (χ2v) is 2.69. The molecule has 8 N–H and O–H groups in total. The molecule has 0 heterocycles. The predicted octanol–water partition coefficient (Wildman–Crippen LogP) is -1.92. The van der Waals surface area contributed by atoms with Gasteiger partial charge in [0.1, 0.15) is 0 Å². The van der Waals surface area contributed by atoms with Crippen LogP contribution < -0.4 is 0 Å². The van der Waals surface area contributed by atoms with E-state index in [1.807, 2.05) is 0 Å². The monoisotopic (exact) mass is 244 g/mol. The minimum absolute atomic E-state index is 0. The van der Waals surface area contributed by atoms with Crippen molar-refractivity contribution in [2.24, 2.45) is 0 Å². The summed E-state index contributed by atoms with van der Waals surface area (Å²) in [5, 5.41) is 0. The second-order valence-electron chi connectivity index (χ2n) is 0.0505. The zero-order valence-electron chi connectivity index (χ0n) is 3.11. The number of hydrogen-bond donors (Lipinski definition) is 0. The first kappa shape index (κ1) is 43.1. The number of rotatable bonds is 0. The Bertz CT molecular complexity index is 9.65. The van der Waals surface area contributed by atoms with Gasteiger partial charge in [0.05, 0.1) is 0 Å². The van der Waals surface area contributed by atoms with Crippen LogP contribution in [-0.2, 0) is 15.1 Å². The molecule has 0 saturated heterocycles. The van der Waals surface area contributed by atoms with E-state index in [-0.39, 0.29) is 37.1 Å². The molecule has 4 nitrogen and oxygen atoms in total. The summed E-state index contributed by atoms with van der Waals surface area (Å²) in [6, 6.07) is 0. The first-order chi connectivity index (χ1) is 1.41. The van der Waals surface area contributed by atoms with Crippen molar-refractivity contribution < 1.29 is 37.1 Å². The van der Waals surface area contributed by atoms with Crippen molar-refractivity contribution in [3.05, 3.63) is 0 Å². The average Bonchev–Trinajstić information content (AvgIpc) is 0.918. The van der Waals surface area contributed by atoms with Crippen LogP contribution in [0.2, 0.25) is 0 Å². The van der Waals surface area contributed by atoms with Crippen molar-refractivity contribution >= 4 is 19.4 Å². The quantitative estimate of drug-likeness (QED) is 0.440. The van der Waals surface area contributed by atoms with Crippen LogP contribution in [0.4, 0.5) is 0 Å². The van der Waals surface area contributed by atoms with Crippen molar-refractivity contribution in [2.75, 3.05) is 0 Å². The van der Waals surface area contributed by atoms with Crippen LogP contribution >= 0.6 is 19.4 Å². The van der Waals surface area contributed by atoms with Crippen LogP contribution in [0.3, 0.4) is 0 Å². The average molecular weight is 244 g/mol. The molecule has 0 radical (unpaired) electrons. The molecular formula is H8Cl2O4Ru. The molecule has 0 atom stereocenters. The Labute approximate surface area is 56.7 Å². The summed E-state index contributed by atoms with van der Waals surface area (Å²) < 4.78 is 0. The number of halogens is 2. The van der Waals surface area contributed by atoms with Gasteiger partial charge in [0, 0.05) is 0 Å². The standard InChI is InChI=1S/2ClH.4H2O.Ru/h2*1H;4*1H2;/q;;;;;;+2/p-2. The van der Waals surface area contributed by atoms with Gasteiger partial charge in [-0.15, -0.1) is 0 Å². The van der Waals surface area contributed by atoms with Crippen molar-refractivity contribution in [3.8, 4) is 0 Å². The minimum atomic E-state index is -0.346. The van der Waals surface area contributed by atoms with Crippen molar-refractivity contribution in [1.82, 2.24) is 0 Å². The van der Waals surface area contributed by atoms with E-state index in [1.165, 1.54) is 0 Å². The third-order valence-electron chi connectivity index (χ3n) is 0. The van der Waals surface area contributed by atoms with Crippen LogP contribution in [-0.4, -0.2) is 21.9 Å². The van der Waals surface area contributed by atoms with E-state index in [2.05, 4.69) is 0 Å². The van der Waals surface area contributed by atoms with E-state index >= 15 is 0 Å². The van der Waals surface area contributed by atoms with Crippen molar-refractivity contribution in [2.45, 2.75) is 0 Å². The molecule has 0 aliphatic heterocycles. The Kier molecular flexibility index (Phi) is 379. The zero-order valence-corrected chi connectivity index (χ0v) is 6.36. The third kappa shape index (κ3) is 165. The van der Waals surface area contributed by atoms with E-state index in [0.717, 1.165) is 0 Å². The van der Waals surface area contributed by atoms with Gasteiger partial charge in [-0.25, -0.2) is 0 Å². The van der Waals surface area contributed by atoms with Gasteiger partial charge in [0.25, 0.3) is 0 Å². The fourth-order valence-electron chi connectivity index (χ4n) is 0. The Morgan fingerprint density at radius 1 is 0.714 bits per heavy atom. The van der Waals surface area contributed by atoms with E-state index < -0.39 is 0 Å². The van der Waals surface area contributed by atoms with Gasteiger partial charge < -0.3 is 21.9 Å². The predicted molar refractivity (Wildman–Crippen MR) is 26.2 cm³/mol. The molecule has 0 aromatic heterocycles. The molecule has 7 heavy (non-hydrogen) atoms. The molecule has 0 rings (SSSR count). The maximum absolute atomic E-state index is 4.85. The summed E-state index contributed by atoms with van der Waals surface area (Å²) >= 11 is -0.346. The van der Waals surface area contributed by atoms with Gasteiger partial charge in [-0.2, -0.15) is 0 Å². The fourth-order valence-corrected chi connectivity index (χ4v) is 0. The maximum atomic E-state index is 4.85. The van der Waals surface area contributed by atoms with Crippen LogP contribution in [0.25, 0.3) is 0 Å². The first-order valence-corrected chi connectivity index (χ1v) is 4.74. The van der Waals surface area contributed by atoms with Gasteiger partial charge in [0.15, 0.2) is 0 Å². The molecule has 54 valence electrons. The van der Waals surface area contributed by atoms with E-state index in [4.69, 9.17) is 19.4 Å². The molecule has 0 aliphatic rings. The van der Waals surface area contributed by atoms with E-state index in [0.29, 0.717) is 0 Å². The molecule has 0 bridgehead atoms. The molecule has 7 heteroatoms. The molecule has 0 fully saturated rings. The van der Waals surface area contributed by atoms with Crippen LogP contribution in [0.5, 0.6) is 0 Å². The Hall–Kier alpha value is 1.04. The summed E-state index contributed by atoms with van der Waals surface area (Å²) in [6.45, 7) is 0. The van der Waals surface area contributed by atoms with Gasteiger partial charge in [0.2, 0.25) is 0 Å². The van der Waals surface area contributed by atoms with Gasteiger partial charge in [-0.1, -0.05) is 0 Å². The molecule has 0 amide bonds. The van der Waals surface area contributed by atoms with E-state index in [1.54, 1.807) is 0 Å². The molecule has 0 spiro atoms. The molecule has 0 aromatic carbocycles. The number of hydrogen-bond acceptors (Lipinski definition) is 0. The van der Waals surface area contributed by atoms with Gasteiger partial charge in [-0.05, 0) is 0 Å². The topological polar surface area (TPSA) is 126 Å². The summed E-state index contributed by atoms with van der Waals surface area (Å²) in [6.07, 6.45) is 0. The van der Waals surface area contributed by atoms with Crippen molar-refractivity contribution in [1.29, 1.82) is 0 Å². The van der Waals surface area contributed by atoms with Crippen LogP contribution in [0, 0.1) is 0 Å². The summed E-state index contributed by atoms with van der Waals surface area (Å²) in [5.41, 5.74) is 0.